The number of sulfone groups is 1. The van der Waals surface area contributed by atoms with Crippen LogP contribution in [0.2, 0.25) is 0 Å². The predicted molar refractivity (Wildman–Crippen MR) is 135 cm³/mol. The smallest absolute Gasteiger partial charge is 0.318 e. The zero-order chi connectivity index (χ0) is 26.4. The van der Waals surface area contributed by atoms with Gasteiger partial charge in [0.05, 0.1) is 11.4 Å². The molecule has 2 aliphatic heterocycles. The number of nitrogens with one attached hydrogen (secondary N) is 3. The molecule has 0 spiro atoms. The van der Waals surface area contributed by atoms with E-state index in [2.05, 4.69) is 16.0 Å². The molecule has 3 fully saturated rings. The van der Waals surface area contributed by atoms with Crippen LogP contribution in [0, 0.1) is 0 Å². The Labute approximate surface area is 217 Å². The largest absolute Gasteiger partial charge is 0.354 e. The fourth-order valence-corrected chi connectivity index (χ4v) is 6.37. The number of carbonyl (C=O) groups is 4. The van der Waals surface area contributed by atoms with E-state index < -0.39 is 39.5 Å². The second-order valence-electron chi connectivity index (χ2n) is 9.90. The van der Waals surface area contributed by atoms with Crippen LogP contribution in [0.15, 0.2) is 35.2 Å². The summed E-state index contributed by atoms with van der Waals surface area (Å²) in [6.07, 6.45) is 6.15. The molecule has 0 bridgehead atoms. The quantitative estimate of drug-likeness (QED) is 0.483. The lowest BCUT2D eigenvalue weighted by atomic mass is 9.95. The summed E-state index contributed by atoms with van der Waals surface area (Å²) in [6, 6.07) is 5.61. The number of nitrogens with zero attached hydrogens (tertiary/aromatic N) is 2. The molecule has 1 aromatic carbocycles. The zero-order valence-electron chi connectivity index (χ0n) is 20.9. The number of piperidine rings is 1. The van der Waals surface area contributed by atoms with Crippen molar-refractivity contribution in [3.05, 3.63) is 30.3 Å². The van der Waals surface area contributed by atoms with E-state index in [0.717, 1.165) is 38.5 Å². The van der Waals surface area contributed by atoms with Gasteiger partial charge in [0.25, 0.3) is 0 Å². The number of amides is 5. The topological polar surface area (TPSA) is 145 Å². The molecular weight excluding hydrogens is 498 g/mol. The minimum absolute atomic E-state index is 0.0322. The summed E-state index contributed by atoms with van der Waals surface area (Å²) >= 11 is 0. The van der Waals surface area contributed by atoms with E-state index in [4.69, 9.17) is 0 Å². The Morgan fingerprint density at radius 3 is 2.38 bits per heavy atom. The number of urea groups is 1. The minimum Gasteiger partial charge on any atom is -0.354 e. The molecule has 2 atom stereocenters. The van der Waals surface area contributed by atoms with Gasteiger partial charge in [0.2, 0.25) is 17.7 Å². The van der Waals surface area contributed by atoms with Gasteiger partial charge >= 0.3 is 6.03 Å². The van der Waals surface area contributed by atoms with Gasteiger partial charge in [-0.1, -0.05) is 37.5 Å². The monoisotopic (exact) mass is 533 g/mol. The Bertz CT molecular complexity index is 1110. The highest BCUT2D eigenvalue weighted by Gasteiger charge is 2.40. The Hall–Kier alpha value is -3.15. The van der Waals surface area contributed by atoms with Gasteiger partial charge in [-0.25, -0.2) is 13.2 Å². The van der Waals surface area contributed by atoms with Gasteiger partial charge in [0.1, 0.15) is 17.8 Å². The summed E-state index contributed by atoms with van der Waals surface area (Å²) in [5, 5.41) is 8.47. The molecule has 37 heavy (non-hydrogen) atoms. The molecular formula is C25H35N5O6S. The average Bonchev–Trinajstić information content (AvgIpc) is 2.90. The van der Waals surface area contributed by atoms with Gasteiger partial charge in [-0.15, -0.1) is 0 Å². The van der Waals surface area contributed by atoms with E-state index in [0.29, 0.717) is 13.0 Å². The van der Waals surface area contributed by atoms with E-state index in [1.165, 1.54) is 21.9 Å². The number of hydrogen-bond donors (Lipinski definition) is 3. The summed E-state index contributed by atoms with van der Waals surface area (Å²) in [5.41, 5.74) is 0. The van der Waals surface area contributed by atoms with Gasteiger partial charge < -0.3 is 25.8 Å². The second kappa shape index (κ2) is 11.9. The third-order valence-electron chi connectivity index (χ3n) is 7.25. The average molecular weight is 534 g/mol. The molecule has 3 N–H and O–H groups in total. The van der Waals surface area contributed by atoms with Crippen molar-refractivity contribution in [2.75, 3.05) is 31.9 Å². The summed E-state index contributed by atoms with van der Waals surface area (Å²) in [7, 11) is -3.86. The standard InChI is InChI=1S/C25H35N5O6S/c31-22(17-37(35,36)19-10-5-2-6-11-19)29-14-15-30(25(34)27-18-8-3-1-4-9-18)21(16-29)24(33)28-20-12-7-13-26-23(20)32/h2,5-6,10-11,18,20-21H,1,3-4,7-9,12-17H2,(H,26,32)(H,27,34)(H,28,33)/t20-,21+/m0/s1. The number of benzene rings is 1. The van der Waals surface area contributed by atoms with Crippen molar-refractivity contribution in [2.24, 2.45) is 0 Å². The molecule has 3 aliphatic rings. The summed E-state index contributed by atoms with van der Waals surface area (Å²) in [4.78, 5) is 54.5. The number of hydrogen-bond acceptors (Lipinski definition) is 6. The molecule has 0 aromatic heterocycles. The van der Waals surface area contributed by atoms with Crippen LogP contribution >= 0.6 is 0 Å². The van der Waals surface area contributed by atoms with Crippen molar-refractivity contribution in [3.63, 3.8) is 0 Å². The maximum atomic E-state index is 13.3. The van der Waals surface area contributed by atoms with E-state index in [-0.39, 0.29) is 42.5 Å². The van der Waals surface area contributed by atoms with Crippen LogP contribution in [0.3, 0.4) is 0 Å². The highest BCUT2D eigenvalue weighted by molar-refractivity contribution is 7.92. The lowest BCUT2D eigenvalue weighted by Gasteiger charge is -2.41. The van der Waals surface area contributed by atoms with Crippen molar-refractivity contribution in [1.82, 2.24) is 25.8 Å². The number of carbonyl (C=O) groups excluding carboxylic acids is 4. The zero-order valence-corrected chi connectivity index (χ0v) is 21.7. The van der Waals surface area contributed by atoms with Crippen molar-refractivity contribution in [2.45, 2.75) is 68.0 Å². The predicted octanol–water partition coefficient (Wildman–Crippen LogP) is 0.410. The van der Waals surface area contributed by atoms with Crippen LogP contribution in [0.5, 0.6) is 0 Å². The van der Waals surface area contributed by atoms with Crippen LogP contribution < -0.4 is 16.0 Å². The fourth-order valence-electron chi connectivity index (χ4n) is 5.12. The molecule has 1 aliphatic carbocycles. The van der Waals surface area contributed by atoms with Gasteiger partial charge in [0, 0.05) is 25.7 Å². The molecule has 1 aromatic rings. The van der Waals surface area contributed by atoms with Crippen LogP contribution in [-0.2, 0) is 24.2 Å². The molecule has 12 heteroatoms. The molecule has 2 saturated heterocycles. The van der Waals surface area contributed by atoms with E-state index in [9.17, 15) is 27.6 Å². The van der Waals surface area contributed by atoms with Crippen molar-refractivity contribution < 1.29 is 27.6 Å². The molecule has 0 unspecified atom stereocenters. The minimum atomic E-state index is -3.86. The lowest BCUT2D eigenvalue weighted by Crippen LogP contribution is -2.65. The number of piperazine rings is 1. The maximum Gasteiger partial charge on any atom is 0.318 e. The van der Waals surface area contributed by atoms with E-state index >= 15 is 0 Å². The lowest BCUT2D eigenvalue weighted by molar-refractivity contribution is -0.137. The maximum absolute atomic E-state index is 13.3. The first kappa shape index (κ1) is 26.9. The van der Waals surface area contributed by atoms with Gasteiger partial charge in [-0.3, -0.25) is 14.4 Å². The third kappa shape index (κ3) is 6.79. The first-order valence-electron chi connectivity index (χ1n) is 13.0. The second-order valence-corrected chi connectivity index (χ2v) is 11.9. The summed E-state index contributed by atoms with van der Waals surface area (Å²) < 4.78 is 25.5. The Balaban J connectivity index is 1.47. The SMILES string of the molecule is O=C1NCCC[C@@H]1NC(=O)[C@H]1CN(C(=O)CS(=O)(=O)c2ccccc2)CCN1C(=O)NC1CCCCC1. The number of rotatable bonds is 6. The highest BCUT2D eigenvalue weighted by Crippen LogP contribution is 2.20. The highest BCUT2D eigenvalue weighted by atomic mass is 32.2. The first-order chi connectivity index (χ1) is 17.7. The molecule has 5 amide bonds. The molecule has 0 radical (unpaired) electrons. The molecule has 202 valence electrons. The van der Waals surface area contributed by atoms with Crippen LogP contribution in [0.4, 0.5) is 4.79 Å². The van der Waals surface area contributed by atoms with Crippen LogP contribution in [0.1, 0.15) is 44.9 Å². The van der Waals surface area contributed by atoms with Crippen LogP contribution in [0.25, 0.3) is 0 Å². The van der Waals surface area contributed by atoms with Crippen molar-refractivity contribution in [1.29, 1.82) is 0 Å². The fraction of sp³-hybridized carbons (Fsp3) is 0.600. The van der Waals surface area contributed by atoms with Gasteiger partial charge in [-0.2, -0.15) is 0 Å². The Morgan fingerprint density at radius 2 is 1.68 bits per heavy atom. The first-order valence-corrected chi connectivity index (χ1v) is 14.6. The molecule has 4 rings (SSSR count). The Morgan fingerprint density at radius 1 is 0.946 bits per heavy atom. The van der Waals surface area contributed by atoms with Crippen molar-refractivity contribution in [3.8, 4) is 0 Å². The normalized spacial score (nSPS) is 23.2. The van der Waals surface area contributed by atoms with Gasteiger partial charge in [0.15, 0.2) is 9.84 Å². The molecule has 2 heterocycles. The molecule has 1 saturated carbocycles. The van der Waals surface area contributed by atoms with E-state index in [1.807, 2.05) is 0 Å². The summed E-state index contributed by atoms with van der Waals surface area (Å²) in [5.74, 6) is -2.19. The Kier molecular flexibility index (Phi) is 8.67. The molecule has 11 nitrogen and oxygen atoms in total. The summed E-state index contributed by atoms with van der Waals surface area (Å²) in [6.45, 7) is 0.573. The van der Waals surface area contributed by atoms with E-state index in [1.54, 1.807) is 18.2 Å². The van der Waals surface area contributed by atoms with Gasteiger partial charge in [-0.05, 0) is 37.8 Å². The van der Waals surface area contributed by atoms with Crippen molar-refractivity contribution >= 4 is 33.6 Å². The van der Waals surface area contributed by atoms with Crippen LogP contribution in [-0.4, -0.2) is 92.0 Å². The third-order valence-corrected chi connectivity index (χ3v) is 8.86.